The number of hydrogen-bond donors (Lipinski definition) is 0. The lowest BCUT2D eigenvalue weighted by atomic mass is 10.1. The predicted octanol–water partition coefficient (Wildman–Crippen LogP) is 2.58. The van der Waals surface area contributed by atoms with E-state index in [4.69, 9.17) is 9.72 Å². The third kappa shape index (κ3) is 4.15. The Hall–Kier alpha value is -2.24. The van der Waals surface area contributed by atoms with E-state index in [1.807, 2.05) is 6.92 Å². The average Bonchev–Trinajstić information content (AvgIpc) is 2.56. The van der Waals surface area contributed by atoms with Gasteiger partial charge in [-0.1, -0.05) is 6.92 Å². The summed E-state index contributed by atoms with van der Waals surface area (Å²) in [5, 5.41) is 0. The zero-order valence-electron chi connectivity index (χ0n) is 13.8. The fraction of sp³-hybridized carbons (Fsp3) is 0.529. The van der Waals surface area contributed by atoms with Crippen molar-refractivity contribution in [1.29, 1.82) is 0 Å². The zero-order chi connectivity index (χ0) is 16.1. The van der Waals surface area contributed by atoms with Crippen LogP contribution in [0.5, 0.6) is 6.01 Å². The van der Waals surface area contributed by atoms with Crippen LogP contribution in [0.2, 0.25) is 0 Å². The molecule has 0 saturated carbocycles. The van der Waals surface area contributed by atoms with Gasteiger partial charge in [0.2, 0.25) is 0 Å². The largest absolute Gasteiger partial charge is 0.460 e. The molecule has 0 atom stereocenters. The van der Waals surface area contributed by atoms with Gasteiger partial charge in [0.15, 0.2) is 0 Å². The molecule has 0 spiro atoms. The topological polar surface area (TPSA) is 64.0 Å². The molecule has 1 aliphatic heterocycles. The molecule has 0 N–H and O–H groups in total. The van der Waals surface area contributed by atoms with Gasteiger partial charge in [-0.15, -0.1) is 0 Å². The molecule has 6 heteroatoms. The van der Waals surface area contributed by atoms with Gasteiger partial charge in [0.05, 0.1) is 0 Å². The van der Waals surface area contributed by atoms with Crippen LogP contribution in [0.4, 0.5) is 5.82 Å². The lowest BCUT2D eigenvalue weighted by Gasteiger charge is -2.32. The van der Waals surface area contributed by atoms with Gasteiger partial charge in [0, 0.05) is 56.5 Å². The lowest BCUT2D eigenvalue weighted by Crippen LogP contribution is -2.39. The standard InChI is InChI=1S/C17H23N5O/c1-3-5-15-20-13(2)12-16(21-15)22-10-6-14(7-11-22)23-17-18-8-4-9-19-17/h4,8-9,12,14H,3,5-7,10-11H2,1-2H3. The first-order chi connectivity index (χ1) is 11.2. The van der Waals surface area contributed by atoms with E-state index < -0.39 is 0 Å². The Morgan fingerprint density at radius 1 is 1.17 bits per heavy atom. The van der Waals surface area contributed by atoms with Crippen LogP contribution >= 0.6 is 0 Å². The van der Waals surface area contributed by atoms with Gasteiger partial charge in [0.25, 0.3) is 0 Å². The van der Waals surface area contributed by atoms with E-state index in [9.17, 15) is 0 Å². The second-order valence-electron chi connectivity index (χ2n) is 5.87. The van der Waals surface area contributed by atoms with E-state index in [0.29, 0.717) is 6.01 Å². The summed E-state index contributed by atoms with van der Waals surface area (Å²) >= 11 is 0. The highest BCUT2D eigenvalue weighted by atomic mass is 16.5. The van der Waals surface area contributed by atoms with Crippen LogP contribution in [-0.4, -0.2) is 39.1 Å². The summed E-state index contributed by atoms with van der Waals surface area (Å²) in [5.41, 5.74) is 1.04. The number of anilines is 1. The maximum atomic E-state index is 5.84. The van der Waals surface area contributed by atoms with Crippen LogP contribution in [0.15, 0.2) is 24.5 Å². The zero-order valence-corrected chi connectivity index (χ0v) is 13.8. The molecule has 2 aromatic rings. The molecular formula is C17H23N5O. The minimum absolute atomic E-state index is 0.173. The first kappa shape index (κ1) is 15.6. The Morgan fingerprint density at radius 2 is 1.91 bits per heavy atom. The molecule has 0 aromatic carbocycles. The van der Waals surface area contributed by atoms with E-state index in [1.165, 1.54) is 0 Å². The van der Waals surface area contributed by atoms with E-state index in [-0.39, 0.29) is 6.10 Å². The monoisotopic (exact) mass is 313 g/mol. The molecule has 0 bridgehead atoms. The van der Waals surface area contributed by atoms with Crippen LogP contribution in [0.3, 0.4) is 0 Å². The lowest BCUT2D eigenvalue weighted by molar-refractivity contribution is 0.156. The van der Waals surface area contributed by atoms with E-state index in [2.05, 4.69) is 32.8 Å². The number of aromatic nitrogens is 4. The molecule has 2 aromatic heterocycles. The summed E-state index contributed by atoms with van der Waals surface area (Å²) in [6, 6.07) is 4.33. The van der Waals surface area contributed by atoms with Crippen molar-refractivity contribution in [2.45, 2.75) is 45.6 Å². The molecule has 0 radical (unpaired) electrons. The van der Waals surface area contributed by atoms with Gasteiger partial charge < -0.3 is 9.64 Å². The fourth-order valence-electron chi connectivity index (χ4n) is 2.81. The fourth-order valence-corrected chi connectivity index (χ4v) is 2.81. The predicted molar refractivity (Wildman–Crippen MR) is 88.7 cm³/mol. The average molecular weight is 313 g/mol. The number of ether oxygens (including phenoxy) is 1. The van der Waals surface area contributed by atoms with E-state index >= 15 is 0 Å². The number of aryl methyl sites for hydroxylation is 2. The Morgan fingerprint density at radius 3 is 2.61 bits per heavy atom. The van der Waals surface area contributed by atoms with Gasteiger partial charge in [0.1, 0.15) is 17.7 Å². The highest BCUT2D eigenvalue weighted by molar-refractivity contribution is 5.40. The van der Waals surface area contributed by atoms with Crippen molar-refractivity contribution in [2.75, 3.05) is 18.0 Å². The van der Waals surface area contributed by atoms with Crippen molar-refractivity contribution < 1.29 is 4.74 Å². The van der Waals surface area contributed by atoms with Gasteiger partial charge in [-0.2, -0.15) is 0 Å². The number of nitrogens with zero attached hydrogens (tertiary/aromatic N) is 5. The summed E-state index contributed by atoms with van der Waals surface area (Å²) < 4.78 is 5.84. The van der Waals surface area contributed by atoms with Gasteiger partial charge in [-0.05, 0) is 19.4 Å². The van der Waals surface area contributed by atoms with Crippen LogP contribution < -0.4 is 9.64 Å². The molecule has 1 fully saturated rings. The van der Waals surface area contributed by atoms with Crippen LogP contribution in [0.1, 0.15) is 37.7 Å². The van der Waals surface area contributed by atoms with Crippen molar-refractivity contribution in [1.82, 2.24) is 19.9 Å². The number of rotatable bonds is 5. The summed E-state index contributed by atoms with van der Waals surface area (Å²) in [6.07, 6.45) is 7.48. The highest BCUT2D eigenvalue weighted by Crippen LogP contribution is 2.21. The molecule has 23 heavy (non-hydrogen) atoms. The smallest absolute Gasteiger partial charge is 0.316 e. The second kappa shape index (κ2) is 7.35. The number of piperidine rings is 1. The minimum Gasteiger partial charge on any atom is -0.460 e. The molecule has 0 unspecified atom stereocenters. The van der Waals surface area contributed by atoms with Gasteiger partial charge >= 0.3 is 6.01 Å². The molecule has 0 amide bonds. The maximum absolute atomic E-state index is 5.84. The molecule has 6 nitrogen and oxygen atoms in total. The maximum Gasteiger partial charge on any atom is 0.316 e. The first-order valence-electron chi connectivity index (χ1n) is 8.28. The van der Waals surface area contributed by atoms with E-state index in [1.54, 1.807) is 18.5 Å². The van der Waals surface area contributed by atoms with Crippen molar-refractivity contribution >= 4 is 5.82 Å². The normalized spacial score (nSPS) is 15.7. The molecule has 1 saturated heterocycles. The highest BCUT2D eigenvalue weighted by Gasteiger charge is 2.22. The Balaban J connectivity index is 1.60. The molecule has 3 rings (SSSR count). The van der Waals surface area contributed by atoms with Crippen LogP contribution in [0, 0.1) is 6.92 Å². The van der Waals surface area contributed by atoms with Gasteiger partial charge in [-0.25, -0.2) is 19.9 Å². The van der Waals surface area contributed by atoms with Gasteiger partial charge in [-0.3, -0.25) is 0 Å². The van der Waals surface area contributed by atoms with Crippen LogP contribution in [-0.2, 0) is 6.42 Å². The Bertz CT molecular complexity index is 626. The molecule has 1 aliphatic rings. The Kier molecular flexibility index (Phi) is 5.00. The molecule has 122 valence electrons. The first-order valence-corrected chi connectivity index (χ1v) is 8.28. The van der Waals surface area contributed by atoms with Crippen molar-refractivity contribution in [3.8, 4) is 6.01 Å². The van der Waals surface area contributed by atoms with Crippen LogP contribution in [0.25, 0.3) is 0 Å². The Labute approximate surface area is 137 Å². The second-order valence-corrected chi connectivity index (χ2v) is 5.87. The molecular weight excluding hydrogens is 290 g/mol. The third-order valence-corrected chi connectivity index (χ3v) is 3.94. The molecule has 0 aliphatic carbocycles. The van der Waals surface area contributed by atoms with E-state index in [0.717, 1.165) is 56.1 Å². The quantitative estimate of drug-likeness (QED) is 0.845. The summed E-state index contributed by atoms with van der Waals surface area (Å²) in [4.78, 5) is 19.8. The minimum atomic E-state index is 0.173. The van der Waals surface area contributed by atoms with Crippen molar-refractivity contribution in [3.05, 3.63) is 36.0 Å². The summed E-state index contributed by atoms with van der Waals surface area (Å²) in [7, 11) is 0. The van der Waals surface area contributed by atoms with Crippen molar-refractivity contribution in [2.24, 2.45) is 0 Å². The third-order valence-electron chi connectivity index (χ3n) is 3.94. The number of hydrogen-bond acceptors (Lipinski definition) is 6. The molecule has 3 heterocycles. The summed E-state index contributed by atoms with van der Waals surface area (Å²) in [6.45, 7) is 6.05. The van der Waals surface area contributed by atoms with Crippen molar-refractivity contribution in [3.63, 3.8) is 0 Å². The SMILES string of the molecule is CCCc1nc(C)cc(N2CCC(Oc3ncccn3)CC2)n1. The summed E-state index contributed by atoms with van der Waals surface area (Å²) in [5.74, 6) is 1.98.